The van der Waals surface area contributed by atoms with Crippen LogP contribution in [0.4, 0.5) is 0 Å². The van der Waals surface area contributed by atoms with Gasteiger partial charge in [0, 0.05) is 29.4 Å². The van der Waals surface area contributed by atoms with Crippen molar-refractivity contribution in [2.24, 2.45) is 7.05 Å². The van der Waals surface area contributed by atoms with Crippen LogP contribution in [0.3, 0.4) is 0 Å². The highest BCUT2D eigenvalue weighted by Crippen LogP contribution is 2.24. The third kappa shape index (κ3) is 2.18. The molecule has 2 N–H and O–H groups in total. The fraction of sp³-hybridized carbons (Fsp3) is 0.143. The quantitative estimate of drug-likeness (QED) is 0.400. The molecule has 0 aliphatic heterocycles. The molecule has 19 heavy (non-hydrogen) atoms. The van der Waals surface area contributed by atoms with Gasteiger partial charge in [0.2, 0.25) is 0 Å². The van der Waals surface area contributed by atoms with Gasteiger partial charge in [-0.05, 0) is 6.07 Å². The zero-order valence-electron chi connectivity index (χ0n) is 10.7. The van der Waals surface area contributed by atoms with E-state index in [-0.39, 0.29) is 29.9 Å². The van der Waals surface area contributed by atoms with Crippen molar-refractivity contribution in [1.29, 1.82) is 0 Å². The lowest BCUT2D eigenvalue weighted by Crippen LogP contribution is -3.00. The number of fused-ring (bicyclic) bond motifs is 3. The third-order valence-corrected chi connectivity index (χ3v) is 3.22. The molecule has 4 nitrogen and oxygen atoms in total. The number of halogens is 1. The minimum absolute atomic E-state index is 0. The Hall–Kier alpha value is -1.63. The largest absolute Gasteiger partial charge is 1.00 e. The molecule has 5 heteroatoms. The molecule has 3 rings (SSSR count). The fourth-order valence-corrected chi connectivity index (χ4v) is 2.30. The number of amides is 1. The number of aryl methyl sites for hydroxylation is 1. The Morgan fingerprint density at radius 2 is 1.95 bits per heavy atom. The van der Waals surface area contributed by atoms with Crippen LogP contribution < -0.4 is 33.9 Å². The first-order valence-corrected chi connectivity index (χ1v) is 5.83. The number of pyridine rings is 1. The number of nitrogens with one attached hydrogen (secondary N) is 2. The average Bonchev–Trinajstić information content (AvgIpc) is 2.74. The van der Waals surface area contributed by atoms with Crippen molar-refractivity contribution >= 4 is 27.7 Å². The number of nitrogens with zero attached hydrogens (tertiary/aromatic N) is 1. The van der Waals surface area contributed by atoms with Gasteiger partial charge in [-0.15, -0.1) is 0 Å². The van der Waals surface area contributed by atoms with Gasteiger partial charge in [0.1, 0.15) is 12.6 Å². The first-order valence-electron chi connectivity index (χ1n) is 5.83. The van der Waals surface area contributed by atoms with E-state index >= 15 is 0 Å². The number of H-pyrrole nitrogens is 1. The van der Waals surface area contributed by atoms with Crippen LogP contribution in [0.2, 0.25) is 0 Å². The lowest BCUT2D eigenvalue weighted by molar-refractivity contribution is -0.672. The molecule has 98 valence electrons. The highest BCUT2D eigenvalue weighted by molar-refractivity contribution is 6.08. The summed E-state index contributed by atoms with van der Waals surface area (Å²) in [5, 5.41) is 4.87. The molecule has 0 bridgehead atoms. The van der Waals surface area contributed by atoms with Crippen LogP contribution in [-0.4, -0.2) is 17.9 Å². The second kappa shape index (κ2) is 5.16. The van der Waals surface area contributed by atoms with E-state index in [1.165, 1.54) is 0 Å². The molecule has 3 aromatic rings. The maximum absolute atomic E-state index is 11.8. The van der Waals surface area contributed by atoms with Crippen LogP contribution in [0.25, 0.3) is 21.8 Å². The monoisotopic (exact) mass is 367 g/mol. The smallest absolute Gasteiger partial charge is 0.315 e. The van der Waals surface area contributed by atoms with Crippen LogP contribution in [0.15, 0.2) is 36.5 Å². The van der Waals surface area contributed by atoms with Gasteiger partial charge < -0.3 is 34.3 Å². The molecule has 2 heterocycles. The summed E-state index contributed by atoms with van der Waals surface area (Å²) in [5.41, 5.74) is 2.77. The SMILES string of the molecule is CNC(=O)c1cc2c(c[n+]1C)[nH]c1ccccc12.[I-]. The van der Waals surface area contributed by atoms with E-state index in [1.54, 1.807) is 7.05 Å². The van der Waals surface area contributed by atoms with Crippen molar-refractivity contribution in [3.05, 3.63) is 42.2 Å². The van der Waals surface area contributed by atoms with Crippen LogP contribution in [-0.2, 0) is 7.05 Å². The average molecular weight is 367 g/mol. The Kier molecular flexibility index (Phi) is 3.75. The van der Waals surface area contributed by atoms with Crippen molar-refractivity contribution in [3.63, 3.8) is 0 Å². The zero-order valence-corrected chi connectivity index (χ0v) is 12.9. The number of hydrogen-bond donors (Lipinski definition) is 2. The summed E-state index contributed by atoms with van der Waals surface area (Å²) in [6.07, 6.45) is 1.94. The molecule has 1 amide bonds. The summed E-state index contributed by atoms with van der Waals surface area (Å²) < 4.78 is 1.83. The predicted octanol–water partition coefficient (Wildman–Crippen LogP) is -1.49. The van der Waals surface area contributed by atoms with E-state index in [1.807, 2.05) is 42.1 Å². The minimum atomic E-state index is -0.0790. The third-order valence-electron chi connectivity index (χ3n) is 3.22. The Morgan fingerprint density at radius 3 is 2.68 bits per heavy atom. The summed E-state index contributed by atoms with van der Waals surface area (Å²) in [6, 6.07) is 10.0. The van der Waals surface area contributed by atoms with Crippen LogP contribution in [0, 0.1) is 0 Å². The van der Waals surface area contributed by atoms with E-state index in [0.717, 1.165) is 21.8 Å². The van der Waals surface area contributed by atoms with Crippen molar-refractivity contribution < 1.29 is 33.3 Å². The number of aromatic amines is 1. The Balaban J connectivity index is 0.00000133. The van der Waals surface area contributed by atoms with E-state index in [4.69, 9.17) is 0 Å². The van der Waals surface area contributed by atoms with Crippen LogP contribution in [0.5, 0.6) is 0 Å². The first kappa shape index (κ1) is 13.8. The van der Waals surface area contributed by atoms with Gasteiger partial charge in [-0.1, -0.05) is 18.2 Å². The molecule has 0 fully saturated rings. The second-order valence-corrected chi connectivity index (χ2v) is 4.35. The maximum Gasteiger partial charge on any atom is 0.315 e. The van der Waals surface area contributed by atoms with Crippen LogP contribution >= 0.6 is 0 Å². The lowest BCUT2D eigenvalue weighted by Gasteiger charge is -1.98. The molecular weight excluding hydrogens is 353 g/mol. The first-order chi connectivity index (χ1) is 8.70. The minimum Gasteiger partial charge on any atom is -1.00 e. The van der Waals surface area contributed by atoms with Gasteiger partial charge in [-0.25, -0.2) is 0 Å². The Bertz CT molecular complexity index is 764. The van der Waals surface area contributed by atoms with E-state index in [9.17, 15) is 4.79 Å². The van der Waals surface area contributed by atoms with Crippen molar-refractivity contribution in [2.45, 2.75) is 0 Å². The fourth-order valence-electron chi connectivity index (χ4n) is 2.30. The van der Waals surface area contributed by atoms with Crippen molar-refractivity contribution in [2.75, 3.05) is 7.05 Å². The molecule has 0 aliphatic carbocycles. The van der Waals surface area contributed by atoms with Gasteiger partial charge in [0.25, 0.3) is 5.69 Å². The molecule has 0 aliphatic rings. The molecule has 0 atom stereocenters. The molecule has 1 aromatic carbocycles. The molecule has 0 radical (unpaired) electrons. The molecular formula is C14H14IN3O. The molecule has 0 spiro atoms. The standard InChI is InChI=1S/C14H13N3O.HI/c1-15-14(18)13-7-10-9-5-3-4-6-11(9)16-12(10)8-17(13)2;/h3-8H,1-2H3,(H,15,18);1H. The topological polar surface area (TPSA) is 48.8 Å². The molecule has 0 unspecified atom stereocenters. The van der Waals surface area contributed by atoms with Gasteiger partial charge in [0.05, 0.1) is 0 Å². The van der Waals surface area contributed by atoms with Crippen LogP contribution in [0.1, 0.15) is 10.5 Å². The number of carbonyl (C=O) groups excluding carboxylic acids is 1. The molecule has 0 saturated carbocycles. The molecule has 2 aromatic heterocycles. The summed E-state index contributed by atoms with van der Waals surface area (Å²) in [5.74, 6) is -0.0790. The number of hydrogen-bond acceptors (Lipinski definition) is 1. The van der Waals surface area contributed by atoms with E-state index in [0.29, 0.717) is 5.69 Å². The van der Waals surface area contributed by atoms with Crippen molar-refractivity contribution in [3.8, 4) is 0 Å². The summed E-state index contributed by atoms with van der Waals surface area (Å²) in [4.78, 5) is 15.1. The lowest BCUT2D eigenvalue weighted by atomic mass is 10.1. The Labute approximate surface area is 127 Å². The highest BCUT2D eigenvalue weighted by atomic mass is 127. The van der Waals surface area contributed by atoms with Gasteiger partial charge >= 0.3 is 5.91 Å². The zero-order chi connectivity index (χ0) is 12.7. The number of para-hydroxylation sites is 1. The number of benzene rings is 1. The van der Waals surface area contributed by atoms with Gasteiger partial charge in [-0.2, -0.15) is 4.57 Å². The number of carbonyl (C=O) groups is 1. The summed E-state index contributed by atoms with van der Waals surface area (Å²) in [6.45, 7) is 0. The number of rotatable bonds is 1. The summed E-state index contributed by atoms with van der Waals surface area (Å²) in [7, 11) is 3.51. The Morgan fingerprint density at radius 1 is 1.21 bits per heavy atom. The highest BCUT2D eigenvalue weighted by Gasteiger charge is 2.18. The molecule has 0 saturated heterocycles. The second-order valence-electron chi connectivity index (χ2n) is 4.35. The van der Waals surface area contributed by atoms with Crippen molar-refractivity contribution in [1.82, 2.24) is 10.3 Å². The predicted molar refractivity (Wildman–Crippen MR) is 70.4 cm³/mol. The summed E-state index contributed by atoms with van der Waals surface area (Å²) >= 11 is 0. The van der Waals surface area contributed by atoms with E-state index in [2.05, 4.69) is 16.4 Å². The van der Waals surface area contributed by atoms with E-state index < -0.39 is 0 Å². The normalized spacial score (nSPS) is 10.4. The van der Waals surface area contributed by atoms with Gasteiger partial charge in [-0.3, -0.25) is 4.79 Å². The van der Waals surface area contributed by atoms with Gasteiger partial charge in [0.15, 0.2) is 6.20 Å². The maximum atomic E-state index is 11.8. The number of aromatic nitrogens is 2.